The molecule has 1 aliphatic rings. The maximum absolute atomic E-state index is 10.3. The van der Waals surface area contributed by atoms with Crippen LogP contribution >= 0.6 is 34.5 Å². The van der Waals surface area contributed by atoms with E-state index in [0.717, 1.165) is 25.9 Å². The van der Waals surface area contributed by atoms with Gasteiger partial charge in [0.2, 0.25) is 0 Å². The molecule has 2 rings (SSSR count). The fraction of sp³-hybridized carbons (Fsp3) is 0.700. The van der Waals surface area contributed by atoms with Crippen LogP contribution < -0.4 is 0 Å². The summed E-state index contributed by atoms with van der Waals surface area (Å²) < 4.78 is 8.96. The summed E-state index contributed by atoms with van der Waals surface area (Å²) in [4.78, 5) is 0. The van der Waals surface area contributed by atoms with Crippen molar-refractivity contribution in [2.45, 2.75) is 74.6 Å². The van der Waals surface area contributed by atoms with Crippen molar-refractivity contribution in [3.63, 3.8) is 0 Å². The van der Waals surface area contributed by atoms with Crippen molar-refractivity contribution in [2.75, 3.05) is 6.54 Å². The molecule has 0 spiro atoms. The fourth-order valence-electron chi connectivity index (χ4n) is 3.21. The maximum Gasteiger partial charge on any atom is 0.167 e. The summed E-state index contributed by atoms with van der Waals surface area (Å²) in [5, 5.41) is 10.3. The number of ether oxygens (including phenoxy) is 1. The molecule has 0 amide bonds. The van der Waals surface area contributed by atoms with Crippen molar-refractivity contribution >= 4 is 34.5 Å². The van der Waals surface area contributed by atoms with E-state index >= 15 is 0 Å². The predicted molar refractivity (Wildman–Crippen MR) is 116 cm³/mol. The molecule has 0 radical (unpaired) electrons. The summed E-state index contributed by atoms with van der Waals surface area (Å²) in [5.74, 6) is 0.352. The van der Waals surface area contributed by atoms with Gasteiger partial charge in [0.15, 0.2) is 6.29 Å². The molecule has 3 atom stereocenters. The summed E-state index contributed by atoms with van der Waals surface area (Å²) in [6, 6.07) is 10.6. The molecule has 1 aromatic rings. The molecule has 3 nitrogen and oxygen atoms in total. The molecule has 1 saturated heterocycles. The molecule has 142 valence electrons. The Kier molecular flexibility index (Phi) is 7.66. The molecule has 0 aliphatic carbocycles. The summed E-state index contributed by atoms with van der Waals surface area (Å²) in [5.41, 5.74) is 1.01. The van der Waals surface area contributed by atoms with E-state index in [2.05, 4.69) is 91.8 Å². The Balaban J connectivity index is 2.20. The van der Waals surface area contributed by atoms with Crippen molar-refractivity contribution in [3.8, 4) is 0 Å². The van der Waals surface area contributed by atoms with E-state index in [0.29, 0.717) is 5.92 Å². The topological polar surface area (TPSA) is 32.7 Å². The molecule has 25 heavy (non-hydrogen) atoms. The zero-order valence-corrected chi connectivity index (χ0v) is 19.0. The number of alkyl halides is 1. The van der Waals surface area contributed by atoms with Gasteiger partial charge in [-0.1, -0.05) is 78.7 Å². The second kappa shape index (κ2) is 8.91. The standard InChI is InChI=1S/C20H32INO2S/c1-15(2)20(12-11-17(21)18(23)24-20)14-22(25-19(3,4)5)13-16-9-7-6-8-10-16/h6-10,15,17-18,23H,11-14H2,1-5H3/t17?,18?,20-/m0/s1. The van der Waals surface area contributed by atoms with Crippen molar-refractivity contribution in [1.29, 1.82) is 0 Å². The Labute approximate surface area is 171 Å². The highest BCUT2D eigenvalue weighted by atomic mass is 127. The largest absolute Gasteiger partial charge is 0.367 e. The quantitative estimate of drug-likeness (QED) is 0.344. The van der Waals surface area contributed by atoms with Gasteiger partial charge < -0.3 is 9.84 Å². The third-order valence-electron chi connectivity index (χ3n) is 4.61. The van der Waals surface area contributed by atoms with E-state index in [9.17, 15) is 5.11 Å². The number of rotatable bonds is 6. The van der Waals surface area contributed by atoms with Gasteiger partial charge in [0, 0.05) is 17.8 Å². The smallest absolute Gasteiger partial charge is 0.167 e. The van der Waals surface area contributed by atoms with E-state index in [-0.39, 0.29) is 14.3 Å². The minimum Gasteiger partial charge on any atom is -0.367 e. The normalized spacial score (nSPS) is 27.9. The van der Waals surface area contributed by atoms with Gasteiger partial charge in [-0.05, 0) is 45.1 Å². The molecule has 1 heterocycles. The van der Waals surface area contributed by atoms with Gasteiger partial charge in [0.1, 0.15) is 0 Å². The van der Waals surface area contributed by atoms with E-state index in [1.165, 1.54) is 5.56 Å². The van der Waals surface area contributed by atoms with Gasteiger partial charge in [0.25, 0.3) is 0 Å². The second-order valence-electron chi connectivity index (χ2n) is 8.27. The van der Waals surface area contributed by atoms with Crippen molar-refractivity contribution < 1.29 is 9.84 Å². The first-order valence-electron chi connectivity index (χ1n) is 9.09. The monoisotopic (exact) mass is 477 g/mol. The van der Waals surface area contributed by atoms with Crippen LogP contribution in [0.4, 0.5) is 0 Å². The Morgan fingerprint density at radius 1 is 1.32 bits per heavy atom. The molecule has 1 aromatic carbocycles. The first kappa shape index (κ1) is 21.5. The van der Waals surface area contributed by atoms with E-state index in [1.54, 1.807) is 0 Å². The Bertz CT molecular complexity index is 534. The molecule has 0 aromatic heterocycles. The van der Waals surface area contributed by atoms with E-state index in [4.69, 9.17) is 4.74 Å². The maximum atomic E-state index is 10.3. The van der Waals surface area contributed by atoms with Gasteiger partial charge in [-0.2, -0.15) is 0 Å². The second-order valence-corrected chi connectivity index (χ2v) is 11.8. The average Bonchev–Trinajstić information content (AvgIpc) is 2.50. The van der Waals surface area contributed by atoms with Crippen molar-refractivity contribution in [1.82, 2.24) is 4.31 Å². The lowest BCUT2D eigenvalue weighted by Crippen LogP contribution is -2.54. The number of hydrogen-bond acceptors (Lipinski definition) is 4. The van der Waals surface area contributed by atoms with Crippen LogP contribution in [-0.2, 0) is 11.3 Å². The number of aliphatic hydroxyl groups is 1. The Morgan fingerprint density at radius 3 is 2.48 bits per heavy atom. The summed E-state index contributed by atoms with van der Waals surface area (Å²) in [6.07, 6.45) is 1.32. The highest BCUT2D eigenvalue weighted by molar-refractivity contribution is 14.1. The molecular weight excluding hydrogens is 445 g/mol. The Morgan fingerprint density at radius 2 is 1.96 bits per heavy atom. The number of aliphatic hydroxyl groups excluding tert-OH is 1. The highest BCUT2D eigenvalue weighted by Gasteiger charge is 2.44. The number of nitrogens with zero attached hydrogens (tertiary/aromatic N) is 1. The fourth-order valence-corrected chi connectivity index (χ4v) is 4.94. The molecule has 2 unspecified atom stereocenters. The average molecular weight is 477 g/mol. The Hall–Kier alpha value is 0.180. The SMILES string of the molecule is CC(C)[C@@]1(CN(Cc2ccccc2)SC(C)(C)C)CCC(I)C(O)O1. The van der Waals surface area contributed by atoms with Crippen LogP contribution in [0.1, 0.15) is 53.0 Å². The number of hydrogen-bond donors (Lipinski definition) is 1. The number of benzene rings is 1. The zero-order chi connectivity index (χ0) is 18.7. The van der Waals surface area contributed by atoms with Crippen molar-refractivity contribution in [3.05, 3.63) is 35.9 Å². The van der Waals surface area contributed by atoms with Crippen molar-refractivity contribution in [2.24, 2.45) is 5.92 Å². The molecule has 1 aliphatic heterocycles. The molecule has 0 bridgehead atoms. The van der Waals surface area contributed by atoms with Gasteiger partial charge in [-0.25, -0.2) is 4.31 Å². The van der Waals surface area contributed by atoms with E-state index < -0.39 is 6.29 Å². The molecule has 5 heteroatoms. The molecule has 1 fully saturated rings. The van der Waals surface area contributed by atoms with Crippen LogP contribution in [0.15, 0.2) is 30.3 Å². The van der Waals surface area contributed by atoms with Gasteiger partial charge in [0.05, 0.1) is 9.53 Å². The zero-order valence-electron chi connectivity index (χ0n) is 16.0. The predicted octanol–water partition coefficient (Wildman–Crippen LogP) is 5.26. The van der Waals surface area contributed by atoms with Gasteiger partial charge >= 0.3 is 0 Å². The minimum absolute atomic E-state index is 0.131. The lowest BCUT2D eigenvalue weighted by atomic mass is 9.83. The highest BCUT2D eigenvalue weighted by Crippen LogP contribution is 2.40. The van der Waals surface area contributed by atoms with Crippen LogP contribution in [0.5, 0.6) is 0 Å². The molecule has 1 N–H and O–H groups in total. The van der Waals surface area contributed by atoms with E-state index in [1.807, 2.05) is 11.9 Å². The lowest BCUT2D eigenvalue weighted by molar-refractivity contribution is -0.225. The molecule has 0 saturated carbocycles. The number of halogens is 1. The molecular formula is C20H32INO2S. The first-order chi connectivity index (χ1) is 11.6. The summed E-state index contributed by atoms with van der Waals surface area (Å²) in [6.45, 7) is 12.9. The lowest BCUT2D eigenvalue weighted by Gasteiger charge is -2.47. The van der Waals surface area contributed by atoms with Gasteiger partial charge in [-0.3, -0.25) is 0 Å². The van der Waals surface area contributed by atoms with Crippen LogP contribution in [0.25, 0.3) is 0 Å². The van der Waals surface area contributed by atoms with Crippen LogP contribution in [-0.4, -0.2) is 36.5 Å². The van der Waals surface area contributed by atoms with Crippen LogP contribution in [0, 0.1) is 5.92 Å². The third-order valence-corrected chi connectivity index (χ3v) is 6.91. The summed E-state index contributed by atoms with van der Waals surface area (Å²) in [7, 11) is 0. The van der Waals surface area contributed by atoms with Crippen LogP contribution in [0.3, 0.4) is 0 Å². The summed E-state index contributed by atoms with van der Waals surface area (Å²) >= 11 is 4.18. The van der Waals surface area contributed by atoms with Gasteiger partial charge in [-0.15, -0.1) is 0 Å². The first-order valence-corrected chi connectivity index (χ1v) is 11.1. The minimum atomic E-state index is -0.671. The third kappa shape index (κ3) is 6.38. The van der Waals surface area contributed by atoms with Crippen LogP contribution in [0.2, 0.25) is 0 Å².